The zero-order valence-corrected chi connectivity index (χ0v) is 18.5. The molecular weight excluding hydrogens is 444 g/mol. The van der Waals surface area contributed by atoms with Crippen LogP contribution in [-0.4, -0.2) is 28.6 Å². The number of aromatic hydroxyl groups is 1. The first-order valence-electron chi connectivity index (χ1n) is 10.2. The van der Waals surface area contributed by atoms with E-state index in [1.165, 1.54) is 17.0 Å². The van der Waals surface area contributed by atoms with Crippen molar-refractivity contribution < 1.29 is 23.8 Å². The van der Waals surface area contributed by atoms with Crippen LogP contribution in [0, 0.1) is 6.92 Å². The highest BCUT2D eigenvalue weighted by atomic mass is 32.1. The first kappa shape index (κ1) is 20.9. The van der Waals surface area contributed by atoms with Crippen LogP contribution in [0.2, 0.25) is 0 Å². The minimum absolute atomic E-state index is 0.0510. The number of rotatable bonds is 4. The Morgan fingerprint density at radius 1 is 1.18 bits per heavy atom. The Morgan fingerprint density at radius 2 is 1.91 bits per heavy atom. The fourth-order valence-corrected chi connectivity index (χ4v) is 4.95. The van der Waals surface area contributed by atoms with Crippen molar-refractivity contribution in [3.8, 4) is 5.75 Å². The van der Waals surface area contributed by atoms with Crippen LogP contribution in [0.5, 0.6) is 5.75 Å². The lowest BCUT2D eigenvalue weighted by Crippen LogP contribution is -2.29. The number of benzene rings is 2. The van der Waals surface area contributed by atoms with Crippen LogP contribution in [0.4, 0.5) is 5.13 Å². The second kappa shape index (κ2) is 7.86. The zero-order chi connectivity index (χ0) is 23.3. The van der Waals surface area contributed by atoms with E-state index in [-0.39, 0.29) is 39.1 Å². The summed E-state index contributed by atoms with van der Waals surface area (Å²) < 4.78 is 11.0. The second-order valence-corrected chi connectivity index (χ2v) is 8.45. The molecule has 2 aromatic heterocycles. The van der Waals surface area contributed by atoms with E-state index in [9.17, 15) is 19.5 Å². The highest BCUT2D eigenvalue weighted by Gasteiger charge is 2.45. The van der Waals surface area contributed by atoms with E-state index in [1.807, 2.05) is 0 Å². The standard InChI is InChI=1S/C24H18N2O6S/c1-3-31-23(30)21-12(2)25-24(33-21)26-18(13-8-10-14(27)11-9-13)17-19(28)15-6-4-5-7-16(15)32-20(17)22(26)29/h4-11,18,27H,3H2,1-2H3/t18-/m0/s1. The number of hydrogen-bond acceptors (Lipinski definition) is 8. The van der Waals surface area contributed by atoms with Crippen molar-refractivity contribution in [2.24, 2.45) is 0 Å². The molecule has 2 aromatic carbocycles. The minimum Gasteiger partial charge on any atom is -0.508 e. The lowest BCUT2D eigenvalue weighted by atomic mass is 9.98. The average molecular weight is 462 g/mol. The molecule has 0 saturated heterocycles. The molecule has 8 nitrogen and oxygen atoms in total. The molecule has 4 aromatic rings. The third kappa shape index (κ3) is 3.28. The Bertz CT molecular complexity index is 1470. The van der Waals surface area contributed by atoms with E-state index >= 15 is 0 Å². The van der Waals surface area contributed by atoms with Gasteiger partial charge in [0.1, 0.15) is 16.2 Å². The number of carbonyl (C=O) groups is 2. The SMILES string of the molecule is CCOC(=O)c1sc(N2C(=O)c3oc4ccccc4c(=O)c3[C@@H]2c2ccc(O)cc2)nc1C. The number of para-hydroxylation sites is 1. The van der Waals surface area contributed by atoms with Crippen molar-refractivity contribution >= 4 is 39.3 Å². The Hall–Kier alpha value is -3.98. The summed E-state index contributed by atoms with van der Waals surface area (Å²) in [6, 6.07) is 12.1. The van der Waals surface area contributed by atoms with Crippen LogP contribution in [-0.2, 0) is 4.74 Å². The predicted octanol–water partition coefficient (Wildman–Crippen LogP) is 4.19. The van der Waals surface area contributed by atoms with Gasteiger partial charge in [-0.05, 0) is 43.7 Å². The van der Waals surface area contributed by atoms with Crippen molar-refractivity contribution in [3.63, 3.8) is 0 Å². The molecule has 0 unspecified atom stereocenters. The number of aryl methyl sites for hydroxylation is 1. The fourth-order valence-electron chi connectivity index (χ4n) is 3.96. The zero-order valence-electron chi connectivity index (χ0n) is 17.7. The van der Waals surface area contributed by atoms with E-state index in [1.54, 1.807) is 50.2 Å². The molecule has 0 fully saturated rings. The quantitative estimate of drug-likeness (QED) is 0.453. The minimum atomic E-state index is -0.838. The Kier molecular flexibility index (Phi) is 4.98. The normalized spacial score (nSPS) is 15.2. The lowest BCUT2D eigenvalue weighted by molar-refractivity contribution is 0.0531. The summed E-state index contributed by atoms with van der Waals surface area (Å²) in [6.45, 7) is 3.58. The third-order valence-electron chi connectivity index (χ3n) is 5.44. The van der Waals surface area contributed by atoms with Crippen LogP contribution < -0.4 is 10.3 Å². The molecule has 0 saturated carbocycles. The molecule has 9 heteroatoms. The molecule has 1 atom stereocenters. The summed E-state index contributed by atoms with van der Waals surface area (Å²) in [7, 11) is 0. The summed E-state index contributed by atoms with van der Waals surface area (Å²) in [6.07, 6.45) is 0. The predicted molar refractivity (Wildman–Crippen MR) is 122 cm³/mol. The summed E-state index contributed by atoms with van der Waals surface area (Å²) in [5, 5.41) is 10.4. The van der Waals surface area contributed by atoms with Crippen molar-refractivity contribution in [2.45, 2.75) is 19.9 Å². The van der Waals surface area contributed by atoms with Gasteiger partial charge in [-0.25, -0.2) is 9.78 Å². The Labute approximate surface area is 191 Å². The van der Waals surface area contributed by atoms with Gasteiger partial charge in [0.25, 0.3) is 5.91 Å². The van der Waals surface area contributed by atoms with Crippen molar-refractivity contribution in [3.05, 3.63) is 86.2 Å². The molecule has 1 N–H and O–H groups in total. The van der Waals surface area contributed by atoms with Crippen LogP contribution in [0.3, 0.4) is 0 Å². The fraction of sp³-hybridized carbons (Fsp3) is 0.167. The smallest absolute Gasteiger partial charge is 0.350 e. The number of anilines is 1. The van der Waals surface area contributed by atoms with Gasteiger partial charge in [-0.2, -0.15) is 0 Å². The summed E-state index contributed by atoms with van der Waals surface area (Å²) in [4.78, 5) is 45.5. The number of carbonyl (C=O) groups excluding carboxylic acids is 2. The highest BCUT2D eigenvalue weighted by molar-refractivity contribution is 7.17. The Balaban J connectivity index is 1.74. The molecule has 1 amide bonds. The second-order valence-electron chi connectivity index (χ2n) is 7.47. The van der Waals surface area contributed by atoms with Crippen LogP contribution in [0.15, 0.2) is 57.7 Å². The van der Waals surface area contributed by atoms with E-state index in [0.717, 1.165) is 11.3 Å². The van der Waals surface area contributed by atoms with Gasteiger partial charge in [0.2, 0.25) is 5.76 Å². The van der Waals surface area contributed by atoms with Crippen LogP contribution in [0.1, 0.15) is 50.0 Å². The molecule has 0 spiro atoms. The number of hydrogen-bond donors (Lipinski definition) is 1. The first-order chi connectivity index (χ1) is 15.9. The number of fused-ring (bicyclic) bond motifs is 2. The topological polar surface area (TPSA) is 110 Å². The number of nitrogens with zero attached hydrogens (tertiary/aromatic N) is 2. The number of phenolic OH excluding ortho intramolecular Hbond substituents is 1. The van der Waals surface area contributed by atoms with E-state index in [4.69, 9.17) is 9.15 Å². The van der Waals surface area contributed by atoms with Gasteiger partial charge in [-0.15, -0.1) is 0 Å². The number of esters is 1. The lowest BCUT2D eigenvalue weighted by Gasteiger charge is -2.22. The molecule has 0 bridgehead atoms. The van der Waals surface area contributed by atoms with Gasteiger partial charge in [0.15, 0.2) is 10.6 Å². The number of ether oxygens (including phenoxy) is 1. The molecule has 33 heavy (non-hydrogen) atoms. The van der Waals surface area contributed by atoms with Gasteiger partial charge in [-0.1, -0.05) is 35.6 Å². The van der Waals surface area contributed by atoms with Gasteiger partial charge in [0.05, 0.1) is 29.3 Å². The number of thiazole rings is 1. The maximum Gasteiger partial charge on any atom is 0.350 e. The molecule has 1 aliphatic rings. The van der Waals surface area contributed by atoms with Crippen LogP contribution in [0.25, 0.3) is 11.0 Å². The van der Waals surface area contributed by atoms with Gasteiger partial charge in [0, 0.05) is 0 Å². The van der Waals surface area contributed by atoms with E-state index in [2.05, 4.69) is 4.98 Å². The maximum absolute atomic E-state index is 13.6. The number of aromatic nitrogens is 1. The third-order valence-corrected chi connectivity index (χ3v) is 6.58. The maximum atomic E-state index is 13.6. The van der Waals surface area contributed by atoms with Gasteiger partial charge in [-0.3, -0.25) is 14.5 Å². The molecule has 1 aliphatic heterocycles. The van der Waals surface area contributed by atoms with E-state index in [0.29, 0.717) is 22.2 Å². The Morgan fingerprint density at radius 3 is 2.64 bits per heavy atom. The first-order valence-corrected chi connectivity index (χ1v) is 11.0. The number of amides is 1. The molecule has 5 rings (SSSR count). The average Bonchev–Trinajstić information content (AvgIpc) is 3.32. The number of phenols is 1. The summed E-state index contributed by atoms with van der Waals surface area (Å²) >= 11 is 1.02. The van der Waals surface area contributed by atoms with Crippen molar-refractivity contribution in [1.82, 2.24) is 4.98 Å². The molecule has 0 radical (unpaired) electrons. The largest absolute Gasteiger partial charge is 0.508 e. The monoisotopic (exact) mass is 462 g/mol. The summed E-state index contributed by atoms with van der Waals surface area (Å²) in [5.41, 5.74) is 1.19. The van der Waals surface area contributed by atoms with Gasteiger partial charge < -0.3 is 14.3 Å². The highest BCUT2D eigenvalue weighted by Crippen LogP contribution is 2.43. The molecular formula is C24H18N2O6S. The van der Waals surface area contributed by atoms with E-state index < -0.39 is 17.9 Å². The van der Waals surface area contributed by atoms with Crippen molar-refractivity contribution in [1.29, 1.82) is 0 Å². The van der Waals surface area contributed by atoms with Crippen molar-refractivity contribution in [2.75, 3.05) is 11.5 Å². The summed E-state index contributed by atoms with van der Waals surface area (Å²) in [5.74, 6) is -1.07. The van der Waals surface area contributed by atoms with Crippen LogP contribution >= 0.6 is 11.3 Å². The van der Waals surface area contributed by atoms with Gasteiger partial charge >= 0.3 is 5.97 Å². The molecule has 3 heterocycles. The molecule has 166 valence electrons. The molecule has 0 aliphatic carbocycles.